The summed E-state index contributed by atoms with van der Waals surface area (Å²) in [6, 6.07) is 1.54. The molecule has 1 heterocycles. The molecule has 10 heavy (non-hydrogen) atoms. The predicted octanol–water partition coefficient (Wildman–Crippen LogP) is 1.58. The number of aromatic nitrogens is 1. The van der Waals surface area contributed by atoms with Gasteiger partial charge in [0.15, 0.2) is 0 Å². The third-order valence-corrected chi connectivity index (χ3v) is 1.16. The minimum absolute atomic E-state index is 0.101. The van der Waals surface area contributed by atoms with Gasteiger partial charge in [0.05, 0.1) is 5.69 Å². The molecule has 0 spiro atoms. The van der Waals surface area contributed by atoms with Crippen molar-refractivity contribution in [2.24, 2.45) is 5.92 Å². The van der Waals surface area contributed by atoms with Gasteiger partial charge in [-0.05, 0) is 12.3 Å². The number of rotatable bonds is 2. The molecule has 0 fully saturated rings. The number of hydrogen-bond donors (Lipinski definition) is 1. The van der Waals surface area contributed by atoms with Crippen LogP contribution in [0.2, 0.25) is 0 Å². The molecule has 1 N–H and O–H groups in total. The van der Waals surface area contributed by atoms with E-state index in [-0.39, 0.29) is 5.95 Å². The van der Waals surface area contributed by atoms with Crippen LogP contribution in [0.5, 0.6) is 5.95 Å². The lowest BCUT2D eigenvalue weighted by Gasteiger charge is -1.96. The van der Waals surface area contributed by atoms with Crippen molar-refractivity contribution in [2.75, 3.05) is 0 Å². The van der Waals surface area contributed by atoms with Crippen LogP contribution in [0.3, 0.4) is 0 Å². The van der Waals surface area contributed by atoms with E-state index < -0.39 is 0 Å². The third-order valence-electron chi connectivity index (χ3n) is 1.16. The minimum Gasteiger partial charge on any atom is -0.479 e. The van der Waals surface area contributed by atoms with Crippen molar-refractivity contribution >= 4 is 0 Å². The van der Waals surface area contributed by atoms with Gasteiger partial charge in [-0.15, -0.1) is 0 Å². The molecule has 0 amide bonds. The Morgan fingerprint density at radius 1 is 1.70 bits per heavy atom. The normalized spacial score (nSPS) is 10.7. The molecule has 1 aromatic rings. The first-order chi connectivity index (χ1) is 4.68. The molecule has 1 aromatic heterocycles. The topological polar surface area (TPSA) is 46.3 Å². The minimum atomic E-state index is -0.101. The van der Waals surface area contributed by atoms with E-state index in [0.717, 1.165) is 12.1 Å². The van der Waals surface area contributed by atoms with E-state index in [1.165, 1.54) is 0 Å². The largest absolute Gasteiger partial charge is 0.479 e. The Bertz CT molecular complexity index is 205. The summed E-state index contributed by atoms with van der Waals surface area (Å²) in [7, 11) is 0. The van der Waals surface area contributed by atoms with Crippen molar-refractivity contribution < 1.29 is 9.63 Å². The van der Waals surface area contributed by atoms with Crippen LogP contribution in [-0.2, 0) is 6.42 Å². The fourth-order valence-corrected chi connectivity index (χ4v) is 0.815. The fraction of sp³-hybridized carbons (Fsp3) is 0.571. The van der Waals surface area contributed by atoms with Crippen LogP contribution in [0.1, 0.15) is 19.5 Å². The SMILES string of the molecule is CC(C)Cc1cc(O)on1. The van der Waals surface area contributed by atoms with Gasteiger partial charge in [-0.25, -0.2) is 0 Å². The van der Waals surface area contributed by atoms with Crippen molar-refractivity contribution in [1.29, 1.82) is 0 Å². The zero-order valence-corrected chi connectivity index (χ0v) is 6.16. The van der Waals surface area contributed by atoms with Crippen LogP contribution >= 0.6 is 0 Å². The van der Waals surface area contributed by atoms with Crippen LogP contribution in [0.15, 0.2) is 10.6 Å². The van der Waals surface area contributed by atoms with Crippen molar-refractivity contribution in [3.8, 4) is 5.95 Å². The molecule has 0 saturated carbocycles. The highest BCUT2D eigenvalue weighted by Crippen LogP contribution is 2.12. The molecule has 0 aliphatic heterocycles. The first kappa shape index (κ1) is 7.12. The van der Waals surface area contributed by atoms with Crippen molar-refractivity contribution in [3.63, 3.8) is 0 Å². The molecule has 0 bridgehead atoms. The molecule has 3 heteroatoms. The Kier molecular flexibility index (Phi) is 1.94. The van der Waals surface area contributed by atoms with Gasteiger partial charge in [-0.3, -0.25) is 0 Å². The average molecular weight is 141 g/mol. The summed E-state index contributed by atoms with van der Waals surface area (Å²) in [5.74, 6) is 0.445. The predicted molar refractivity (Wildman–Crippen MR) is 36.7 cm³/mol. The van der Waals surface area contributed by atoms with Gasteiger partial charge in [0.25, 0.3) is 0 Å². The molecule has 0 aliphatic carbocycles. The van der Waals surface area contributed by atoms with Crippen molar-refractivity contribution in [1.82, 2.24) is 5.16 Å². The Morgan fingerprint density at radius 3 is 2.80 bits per heavy atom. The van der Waals surface area contributed by atoms with Gasteiger partial charge in [0.1, 0.15) is 0 Å². The summed E-state index contributed by atoms with van der Waals surface area (Å²) < 4.78 is 4.47. The summed E-state index contributed by atoms with van der Waals surface area (Å²) in [4.78, 5) is 0. The smallest absolute Gasteiger partial charge is 0.308 e. The van der Waals surface area contributed by atoms with E-state index in [4.69, 9.17) is 5.11 Å². The lowest BCUT2D eigenvalue weighted by molar-refractivity contribution is 0.275. The van der Waals surface area contributed by atoms with Crippen LogP contribution in [0.4, 0.5) is 0 Å². The maximum absolute atomic E-state index is 8.74. The number of nitrogens with zero attached hydrogens (tertiary/aromatic N) is 1. The van der Waals surface area contributed by atoms with E-state index >= 15 is 0 Å². The highest BCUT2D eigenvalue weighted by molar-refractivity contribution is 5.08. The monoisotopic (exact) mass is 141 g/mol. The summed E-state index contributed by atoms with van der Waals surface area (Å²) in [6.07, 6.45) is 0.851. The third kappa shape index (κ3) is 1.76. The van der Waals surface area contributed by atoms with Gasteiger partial charge < -0.3 is 9.63 Å². The van der Waals surface area contributed by atoms with Crippen molar-refractivity contribution in [2.45, 2.75) is 20.3 Å². The summed E-state index contributed by atoms with van der Waals surface area (Å²) in [5, 5.41) is 12.4. The van der Waals surface area contributed by atoms with E-state index in [1.54, 1.807) is 6.07 Å². The van der Waals surface area contributed by atoms with Gasteiger partial charge >= 0.3 is 5.95 Å². The molecule has 0 aliphatic rings. The Hall–Kier alpha value is -0.990. The van der Waals surface area contributed by atoms with E-state index in [2.05, 4.69) is 23.5 Å². The maximum atomic E-state index is 8.74. The summed E-state index contributed by atoms with van der Waals surface area (Å²) in [5.41, 5.74) is 0.813. The Balaban J connectivity index is 2.58. The zero-order chi connectivity index (χ0) is 7.56. The maximum Gasteiger partial charge on any atom is 0.308 e. The van der Waals surface area contributed by atoms with E-state index in [0.29, 0.717) is 5.92 Å². The molecule has 3 nitrogen and oxygen atoms in total. The fourth-order valence-electron chi connectivity index (χ4n) is 0.815. The number of aromatic hydroxyl groups is 1. The lowest BCUT2D eigenvalue weighted by atomic mass is 10.1. The van der Waals surface area contributed by atoms with Gasteiger partial charge in [-0.1, -0.05) is 19.0 Å². The van der Waals surface area contributed by atoms with Gasteiger partial charge in [0, 0.05) is 6.07 Å². The molecule has 0 unspecified atom stereocenters. The quantitative estimate of drug-likeness (QED) is 0.680. The molecule has 0 radical (unpaired) electrons. The Morgan fingerprint density at radius 2 is 2.40 bits per heavy atom. The lowest BCUT2D eigenvalue weighted by Crippen LogP contribution is -1.92. The van der Waals surface area contributed by atoms with Gasteiger partial charge in [0.2, 0.25) is 0 Å². The first-order valence-corrected chi connectivity index (χ1v) is 3.33. The summed E-state index contributed by atoms with van der Waals surface area (Å²) in [6.45, 7) is 4.18. The van der Waals surface area contributed by atoms with Gasteiger partial charge in [-0.2, -0.15) is 0 Å². The van der Waals surface area contributed by atoms with Crippen LogP contribution in [0, 0.1) is 5.92 Å². The van der Waals surface area contributed by atoms with E-state index in [9.17, 15) is 0 Å². The van der Waals surface area contributed by atoms with Crippen LogP contribution < -0.4 is 0 Å². The van der Waals surface area contributed by atoms with Crippen molar-refractivity contribution in [3.05, 3.63) is 11.8 Å². The average Bonchev–Trinajstić information content (AvgIpc) is 2.13. The van der Waals surface area contributed by atoms with Crippen LogP contribution in [0.25, 0.3) is 0 Å². The second-order valence-corrected chi connectivity index (χ2v) is 2.75. The first-order valence-electron chi connectivity index (χ1n) is 3.33. The molecular formula is C7H11NO2. The number of hydrogen-bond acceptors (Lipinski definition) is 3. The highest BCUT2D eigenvalue weighted by atomic mass is 16.5. The standard InChI is InChI=1S/C7H11NO2/c1-5(2)3-6-4-7(9)10-8-6/h4-5,9H,3H2,1-2H3. The second-order valence-electron chi connectivity index (χ2n) is 2.75. The summed E-state index contributed by atoms with van der Waals surface area (Å²) >= 11 is 0. The highest BCUT2D eigenvalue weighted by Gasteiger charge is 2.03. The molecular weight excluding hydrogens is 130 g/mol. The zero-order valence-electron chi connectivity index (χ0n) is 6.16. The molecule has 0 saturated heterocycles. The second kappa shape index (κ2) is 2.73. The molecule has 1 rings (SSSR count). The van der Waals surface area contributed by atoms with E-state index in [1.807, 2.05) is 0 Å². The molecule has 0 atom stereocenters. The molecule has 56 valence electrons. The Labute approximate surface area is 59.7 Å². The van der Waals surface area contributed by atoms with Crippen LogP contribution in [-0.4, -0.2) is 10.3 Å². The molecule has 0 aromatic carbocycles.